The van der Waals surface area contributed by atoms with E-state index in [2.05, 4.69) is 16.3 Å². The summed E-state index contributed by atoms with van der Waals surface area (Å²) in [6.07, 6.45) is 2.04. The number of pyridine rings is 1. The minimum absolute atomic E-state index is 0.749. The molecular weight excluding hydrogens is 324 g/mol. The van der Waals surface area contributed by atoms with Crippen LogP contribution in [0.15, 0.2) is 54.7 Å². The third-order valence-electron chi connectivity index (χ3n) is 4.61. The first-order valence-electron chi connectivity index (χ1n) is 8.43. The maximum atomic E-state index is 6.08. The summed E-state index contributed by atoms with van der Waals surface area (Å²) in [7, 11) is 1.67. The van der Waals surface area contributed by atoms with Gasteiger partial charge >= 0.3 is 0 Å². The van der Waals surface area contributed by atoms with Crippen LogP contribution in [0.3, 0.4) is 0 Å². The third kappa shape index (κ3) is 2.67. The summed E-state index contributed by atoms with van der Waals surface area (Å²) < 4.78 is 7.53. The third-order valence-corrected chi connectivity index (χ3v) is 4.61. The lowest BCUT2D eigenvalue weighted by Crippen LogP contribution is -1.95. The number of nitrogen functional groups attached to an aromatic ring is 1. The van der Waals surface area contributed by atoms with E-state index in [-0.39, 0.29) is 0 Å². The zero-order valence-corrected chi connectivity index (χ0v) is 15.0. The monoisotopic (exact) mass is 344 g/mol. The van der Waals surface area contributed by atoms with Crippen molar-refractivity contribution in [3.8, 4) is 28.3 Å². The summed E-state index contributed by atoms with van der Waals surface area (Å²) in [5.74, 6) is 1.53. The van der Waals surface area contributed by atoms with E-state index in [9.17, 15) is 0 Å². The van der Waals surface area contributed by atoms with Gasteiger partial charge in [0.25, 0.3) is 0 Å². The molecule has 0 fully saturated rings. The van der Waals surface area contributed by atoms with Gasteiger partial charge in [-0.3, -0.25) is 4.40 Å². The molecule has 4 aromatic rings. The van der Waals surface area contributed by atoms with Gasteiger partial charge in [-0.25, -0.2) is 0 Å². The number of methoxy groups -OCH3 is 1. The van der Waals surface area contributed by atoms with E-state index in [0.29, 0.717) is 0 Å². The normalized spacial score (nSPS) is 11.0. The molecule has 5 heteroatoms. The molecule has 0 aliphatic heterocycles. The van der Waals surface area contributed by atoms with Gasteiger partial charge in [-0.15, -0.1) is 10.2 Å². The maximum Gasteiger partial charge on any atom is 0.172 e. The molecule has 2 aromatic heterocycles. The topological polar surface area (TPSA) is 65.4 Å². The molecule has 0 aliphatic rings. The highest BCUT2D eigenvalue weighted by atomic mass is 16.5. The van der Waals surface area contributed by atoms with Gasteiger partial charge in [0, 0.05) is 11.9 Å². The molecule has 130 valence electrons. The fraction of sp³-hybridized carbons (Fsp3) is 0.143. The zero-order valence-electron chi connectivity index (χ0n) is 15.0. The second-order valence-electron chi connectivity index (χ2n) is 6.44. The summed E-state index contributed by atoms with van der Waals surface area (Å²) >= 11 is 0. The highest BCUT2D eigenvalue weighted by molar-refractivity contribution is 5.72. The number of nitrogens with two attached hydrogens (primary N) is 1. The number of ether oxygens (including phenoxy) is 1. The smallest absolute Gasteiger partial charge is 0.172 e. The molecule has 0 amide bonds. The molecule has 5 nitrogen and oxygen atoms in total. The van der Waals surface area contributed by atoms with Crippen LogP contribution in [-0.4, -0.2) is 21.7 Å². The van der Waals surface area contributed by atoms with E-state index in [4.69, 9.17) is 10.5 Å². The van der Waals surface area contributed by atoms with Crippen LogP contribution in [0.5, 0.6) is 5.75 Å². The molecule has 2 N–H and O–H groups in total. The van der Waals surface area contributed by atoms with E-state index in [1.807, 2.05) is 66.9 Å². The molecule has 4 rings (SSSR count). The molecule has 0 spiro atoms. The first kappa shape index (κ1) is 16.1. The van der Waals surface area contributed by atoms with Crippen LogP contribution in [0, 0.1) is 13.8 Å². The van der Waals surface area contributed by atoms with Crippen LogP contribution in [0.25, 0.3) is 28.2 Å². The lowest BCUT2D eigenvalue weighted by molar-refractivity contribution is 0.416. The fourth-order valence-electron chi connectivity index (χ4n) is 3.05. The summed E-state index contributed by atoms with van der Waals surface area (Å²) in [5, 5.41) is 8.67. The van der Waals surface area contributed by atoms with Crippen LogP contribution >= 0.6 is 0 Å². The molecule has 0 saturated carbocycles. The standard InChI is InChI=1S/C21H20N4O/c1-13-4-8-17(19(10-13)26-3)21-24-23-20-9-7-16(12-25(20)21)15-6-5-14(2)18(22)11-15/h4-12H,22H2,1-3H3. The van der Waals surface area contributed by atoms with Crippen LogP contribution < -0.4 is 10.5 Å². The van der Waals surface area contributed by atoms with Gasteiger partial charge in [-0.2, -0.15) is 0 Å². The SMILES string of the molecule is COc1cc(C)ccc1-c1nnc2ccc(-c3ccc(C)c(N)c3)cn12. The first-order chi connectivity index (χ1) is 12.6. The molecule has 2 aromatic carbocycles. The zero-order chi connectivity index (χ0) is 18.3. The summed E-state index contributed by atoms with van der Waals surface area (Å²) in [4.78, 5) is 0. The number of nitrogens with zero attached hydrogens (tertiary/aromatic N) is 3. The Bertz CT molecular complexity index is 1110. The van der Waals surface area contributed by atoms with Crippen molar-refractivity contribution in [1.29, 1.82) is 0 Å². The number of benzene rings is 2. The predicted octanol–water partition coefficient (Wildman–Crippen LogP) is 4.27. The minimum atomic E-state index is 0.749. The Morgan fingerprint density at radius 2 is 1.73 bits per heavy atom. The summed E-state index contributed by atoms with van der Waals surface area (Å²) in [6, 6.07) is 16.2. The van der Waals surface area contributed by atoms with Crippen molar-refractivity contribution in [1.82, 2.24) is 14.6 Å². The van der Waals surface area contributed by atoms with Crippen LogP contribution in [-0.2, 0) is 0 Å². The van der Waals surface area contributed by atoms with Gasteiger partial charge in [0.1, 0.15) is 5.75 Å². The lowest BCUT2D eigenvalue weighted by atomic mass is 10.0. The Hall–Kier alpha value is -3.34. The van der Waals surface area contributed by atoms with Crippen LogP contribution in [0.4, 0.5) is 5.69 Å². The van der Waals surface area contributed by atoms with Crippen molar-refractivity contribution in [2.45, 2.75) is 13.8 Å². The Balaban J connectivity index is 1.89. The molecule has 0 aliphatic carbocycles. The quantitative estimate of drug-likeness (QED) is 0.564. The summed E-state index contributed by atoms with van der Waals surface area (Å²) in [6.45, 7) is 4.04. The summed E-state index contributed by atoms with van der Waals surface area (Å²) in [5.41, 5.74) is 12.9. The maximum absolute atomic E-state index is 6.08. The average molecular weight is 344 g/mol. The van der Waals surface area contributed by atoms with E-state index >= 15 is 0 Å². The Morgan fingerprint density at radius 3 is 2.50 bits per heavy atom. The van der Waals surface area contributed by atoms with Gasteiger partial charge in [-0.1, -0.05) is 18.2 Å². The molecule has 0 radical (unpaired) electrons. The minimum Gasteiger partial charge on any atom is -0.496 e. The van der Waals surface area contributed by atoms with Gasteiger partial charge in [0.05, 0.1) is 12.7 Å². The molecule has 0 unspecified atom stereocenters. The van der Waals surface area contributed by atoms with Crippen LogP contribution in [0.2, 0.25) is 0 Å². The number of hydrogen-bond acceptors (Lipinski definition) is 4. The Kier molecular flexibility index (Phi) is 3.84. The lowest BCUT2D eigenvalue weighted by Gasteiger charge is -2.09. The van der Waals surface area contributed by atoms with Crippen molar-refractivity contribution < 1.29 is 4.74 Å². The predicted molar refractivity (Wildman–Crippen MR) is 104 cm³/mol. The molecule has 0 bridgehead atoms. The van der Waals surface area contributed by atoms with E-state index in [1.165, 1.54) is 0 Å². The van der Waals surface area contributed by atoms with Gasteiger partial charge in [-0.05, 0) is 66.4 Å². The van der Waals surface area contributed by atoms with E-state index in [0.717, 1.165) is 50.7 Å². The molecule has 0 saturated heterocycles. The number of aromatic nitrogens is 3. The van der Waals surface area contributed by atoms with E-state index in [1.54, 1.807) is 7.11 Å². The number of fused-ring (bicyclic) bond motifs is 1. The molecule has 0 atom stereocenters. The molecule has 2 heterocycles. The van der Waals surface area contributed by atoms with Gasteiger partial charge in [0.2, 0.25) is 0 Å². The largest absolute Gasteiger partial charge is 0.496 e. The number of hydrogen-bond donors (Lipinski definition) is 1. The Morgan fingerprint density at radius 1 is 0.923 bits per heavy atom. The highest BCUT2D eigenvalue weighted by Gasteiger charge is 2.14. The number of anilines is 1. The second kappa shape index (κ2) is 6.19. The fourth-order valence-corrected chi connectivity index (χ4v) is 3.05. The first-order valence-corrected chi connectivity index (χ1v) is 8.43. The number of aryl methyl sites for hydroxylation is 2. The molecular formula is C21H20N4O. The van der Waals surface area contributed by atoms with Gasteiger partial charge < -0.3 is 10.5 Å². The average Bonchev–Trinajstić information content (AvgIpc) is 3.07. The van der Waals surface area contributed by atoms with Crippen molar-refractivity contribution in [2.24, 2.45) is 0 Å². The van der Waals surface area contributed by atoms with E-state index < -0.39 is 0 Å². The van der Waals surface area contributed by atoms with Crippen LogP contribution in [0.1, 0.15) is 11.1 Å². The van der Waals surface area contributed by atoms with Crippen molar-refractivity contribution in [2.75, 3.05) is 12.8 Å². The van der Waals surface area contributed by atoms with Crippen molar-refractivity contribution in [3.05, 3.63) is 65.9 Å². The van der Waals surface area contributed by atoms with Crippen molar-refractivity contribution in [3.63, 3.8) is 0 Å². The second-order valence-corrected chi connectivity index (χ2v) is 6.44. The number of rotatable bonds is 3. The Labute approximate surface area is 152 Å². The highest BCUT2D eigenvalue weighted by Crippen LogP contribution is 2.31. The van der Waals surface area contributed by atoms with Crippen molar-refractivity contribution >= 4 is 11.3 Å². The molecule has 26 heavy (non-hydrogen) atoms. The van der Waals surface area contributed by atoms with Gasteiger partial charge in [0.15, 0.2) is 11.5 Å².